The third-order valence-electron chi connectivity index (χ3n) is 5.03. The minimum absolute atomic E-state index is 0.0976. The lowest BCUT2D eigenvalue weighted by Crippen LogP contribution is -2.39. The smallest absolute Gasteiger partial charge is 0.117 e. The molecule has 3 nitrogen and oxygen atoms in total. The van der Waals surface area contributed by atoms with Crippen LogP contribution >= 0.6 is 0 Å². The molecule has 114 valence electrons. The van der Waals surface area contributed by atoms with Crippen LogP contribution in [0.15, 0.2) is 18.2 Å². The summed E-state index contributed by atoms with van der Waals surface area (Å²) >= 11 is 0. The number of rotatable bonds is 4. The van der Waals surface area contributed by atoms with E-state index in [1.54, 1.807) is 0 Å². The van der Waals surface area contributed by atoms with Crippen LogP contribution in [0.3, 0.4) is 0 Å². The molecule has 1 aromatic heterocycles. The first-order chi connectivity index (χ1) is 10.2. The molecule has 2 aromatic rings. The molecule has 0 radical (unpaired) electrons. The molecule has 0 bridgehead atoms. The van der Waals surface area contributed by atoms with Gasteiger partial charge in [0.05, 0.1) is 11.0 Å². The summed E-state index contributed by atoms with van der Waals surface area (Å²) < 4.78 is 2.44. The van der Waals surface area contributed by atoms with Gasteiger partial charge in [-0.25, -0.2) is 4.98 Å². The number of hydrogen-bond acceptors (Lipinski definition) is 2. The van der Waals surface area contributed by atoms with Crippen LogP contribution in [0.25, 0.3) is 11.0 Å². The summed E-state index contributed by atoms with van der Waals surface area (Å²) in [5, 5.41) is 0. The van der Waals surface area contributed by atoms with Crippen molar-refractivity contribution in [2.24, 2.45) is 5.73 Å². The van der Waals surface area contributed by atoms with E-state index in [2.05, 4.69) is 36.6 Å². The molecule has 1 aromatic carbocycles. The highest BCUT2D eigenvalue weighted by atomic mass is 15.1. The maximum absolute atomic E-state index is 6.23. The minimum atomic E-state index is 0.0976. The number of hydrogen-bond donors (Lipinski definition) is 1. The molecule has 3 rings (SSSR count). The molecule has 21 heavy (non-hydrogen) atoms. The third kappa shape index (κ3) is 2.48. The Kier molecular flexibility index (Phi) is 4.03. The molecule has 0 saturated heterocycles. The zero-order valence-electron chi connectivity index (χ0n) is 13.4. The maximum atomic E-state index is 6.23. The summed E-state index contributed by atoms with van der Waals surface area (Å²) in [6.07, 6.45) is 7.42. The lowest BCUT2D eigenvalue weighted by Gasteiger charge is -2.36. The highest BCUT2D eigenvalue weighted by Crippen LogP contribution is 2.39. The summed E-state index contributed by atoms with van der Waals surface area (Å²) in [6.45, 7) is 6.13. The van der Waals surface area contributed by atoms with Gasteiger partial charge in [0.25, 0.3) is 0 Å². The van der Waals surface area contributed by atoms with Crippen LogP contribution in [0.5, 0.6) is 0 Å². The van der Waals surface area contributed by atoms with Crippen LogP contribution in [0.4, 0.5) is 0 Å². The van der Waals surface area contributed by atoms with Gasteiger partial charge in [0.15, 0.2) is 0 Å². The summed E-state index contributed by atoms with van der Waals surface area (Å²) in [6, 6.07) is 6.62. The first-order valence-corrected chi connectivity index (χ1v) is 8.37. The lowest BCUT2D eigenvalue weighted by molar-refractivity contribution is 0.277. The monoisotopic (exact) mass is 285 g/mol. The topological polar surface area (TPSA) is 43.8 Å². The quantitative estimate of drug-likeness (QED) is 0.925. The molecule has 0 amide bonds. The minimum Gasteiger partial charge on any atom is -0.329 e. The van der Waals surface area contributed by atoms with Crippen molar-refractivity contribution >= 4 is 11.0 Å². The van der Waals surface area contributed by atoms with E-state index in [1.807, 2.05) is 0 Å². The SMILES string of the molecule is CCCn1c(C2(CN)CCCCC2)nc2cc(C)ccc21. The third-order valence-corrected chi connectivity index (χ3v) is 5.03. The Morgan fingerprint density at radius 2 is 2.00 bits per heavy atom. The second kappa shape index (κ2) is 5.80. The highest BCUT2D eigenvalue weighted by molar-refractivity contribution is 5.77. The Labute approximate surface area is 127 Å². The van der Waals surface area contributed by atoms with Gasteiger partial charge in [-0.2, -0.15) is 0 Å². The molecule has 1 aliphatic carbocycles. The Balaban J connectivity index is 2.17. The number of fused-ring (bicyclic) bond motifs is 1. The zero-order chi connectivity index (χ0) is 14.9. The van der Waals surface area contributed by atoms with Crippen molar-refractivity contribution < 1.29 is 0 Å². The number of nitrogens with two attached hydrogens (primary N) is 1. The normalized spacial score (nSPS) is 18.2. The van der Waals surface area contributed by atoms with Gasteiger partial charge in [-0.1, -0.05) is 32.3 Å². The molecule has 0 unspecified atom stereocenters. The van der Waals surface area contributed by atoms with E-state index in [4.69, 9.17) is 10.7 Å². The number of aryl methyl sites for hydroxylation is 2. The summed E-state index contributed by atoms with van der Waals surface area (Å²) in [5.41, 5.74) is 10.0. The van der Waals surface area contributed by atoms with Crippen molar-refractivity contribution in [1.82, 2.24) is 9.55 Å². The molecule has 0 spiro atoms. The van der Waals surface area contributed by atoms with Crippen LogP contribution in [-0.4, -0.2) is 16.1 Å². The predicted octanol–water partition coefficient (Wildman–Crippen LogP) is 3.92. The Morgan fingerprint density at radius 1 is 1.24 bits per heavy atom. The van der Waals surface area contributed by atoms with E-state index < -0.39 is 0 Å². The largest absolute Gasteiger partial charge is 0.329 e. The second-order valence-electron chi connectivity index (χ2n) is 6.62. The van der Waals surface area contributed by atoms with Crippen LogP contribution in [0.1, 0.15) is 56.8 Å². The fourth-order valence-electron chi connectivity index (χ4n) is 3.84. The second-order valence-corrected chi connectivity index (χ2v) is 6.62. The number of aromatic nitrogens is 2. The van der Waals surface area contributed by atoms with Gasteiger partial charge in [-0.15, -0.1) is 0 Å². The van der Waals surface area contributed by atoms with Crippen LogP contribution in [0.2, 0.25) is 0 Å². The molecule has 2 N–H and O–H groups in total. The summed E-state index contributed by atoms with van der Waals surface area (Å²) in [5.74, 6) is 1.24. The van der Waals surface area contributed by atoms with Gasteiger partial charge in [0, 0.05) is 18.5 Å². The molecular weight excluding hydrogens is 258 g/mol. The van der Waals surface area contributed by atoms with Gasteiger partial charge in [0.1, 0.15) is 5.82 Å². The van der Waals surface area contributed by atoms with E-state index in [1.165, 1.54) is 49.0 Å². The molecule has 1 fully saturated rings. The van der Waals surface area contributed by atoms with Crippen LogP contribution in [0, 0.1) is 6.92 Å². The molecule has 3 heteroatoms. The van der Waals surface area contributed by atoms with E-state index in [9.17, 15) is 0 Å². The maximum Gasteiger partial charge on any atom is 0.117 e. The molecule has 0 atom stereocenters. The molecular formula is C18H27N3. The molecule has 1 heterocycles. The van der Waals surface area contributed by atoms with E-state index in [0.29, 0.717) is 0 Å². The fourth-order valence-corrected chi connectivity index (χ4v) is 3.84. The first kappa shape index (κ1) is 14.6. The van der Waals surface area contributed by atoms with Crippen LogP contribution in [-0.2, 0) is 12.0 Å². The first-order valence-electron chi connectivity index (χ1n) is 8.37. The number of benzene rings is 1. The van der Waals surface area contributed by atoms with Gasteiger partial charge in [0.2, 0.25) is 0 Å². The van der Waals surface area contributed by atoms with Gasteiger partial charge < -0.3 is 10.3 Å². The summed E-state index contributed by atoms with van der Waals surface area (Å²) in [4.78, 5) is 5.04. The van der Waals surface area contributed by atoms with Crippen molar-refractivity contribution in [2.75, 3.05) is 6.54 Å². The van der Waals surface area contributed by atoms with Gasteiger partial charge >= 0.3 is 0 Å². The standard InChI is InChI=1S/C18H27N3/c1-3-11-21-16-8-7-14(2)12-15(16)20-17(21)18(13-19)9-5-4-6-10-18/h7-8,12H,3-6,9-11,13,19H2,1-2H3. The van der Waals surface area contributed by atoms with Crippen molar-refractivity contribution in [1.29, 1.82) is 0 Å². The Morgan fingerprint density at radius 3 is 2.67 bits per heavy atom. The van der Waals surface area contributed by atoms with Crippen molar-refractivity contribution in [3.8, 4) is 0 Å². The average Bonchev–Trinajstić information content (AvgIpc) is 2.87. The number of imidazole rings is 1. The van der Waals surface area contributed by atoms with Crippen molar-refractivity contribution in [3.63, 3.8) is 0 Å². The predicted molar refractivity (Wildman–Crippen MR) is 88.6 cm³/mol. The molecule has 0 aliphatic heterocycles. The molecule has 1 saturated carbocycles. The van der Waals surface area contributed by atoms with E-state index in [-0.39, 0.29) is 5.41 Å². The number of nitrogens with zero attached hydrogens (tertiary/aromatic N) is 2. The van der Waals surface area contributed by atoms with E-state index in [0.717, 1.165) is 25.0 Å². The Hall–Kier alpha value is -1.35. The average molecular weight is 285 g/mol. The Bertz CT molecular complexity index is 621. The van der Waals surface area contributed by atoms with Gasteiger partial charge in [-0.05, 0) is 43.9 Å². The summed E-state index contributed by atoms with van der Waals surface area (Å²) in [7, 11) is 0. The van der Waals surface area contributed by atoms with Gasteiger partial charge in [-0.3, -0.25) is 0 Å². The van der Waals surface area contributed by atoms with Crippen LogP contribution < -0.4 is 5.73 Å². The lowest BCUT2D eigenvalue weighted by atomic mass is 9.73. The molecule has 1 aliphatic rings. The van der Waals surface area contributed by atoms with Crippen molar-refractivity contribution in [2.45, 2.75) is 64.3 Å². The zero-order valence-corrected chi connectivity index (χ0v) is 13.4. The fraction of sp³-hybridized carbons (Fsp3) is 0.611. The highest BCUT2D eigenvalue weighted by Gasteiger charge is 2.37. The van der Waals surface area contributed by atoms with Crippen molar-refractivity contribution in [3.05, 3.63) is 29.6 Å². The van der Waals surface area contributed by atoms with E-state index >= 15 is 0 Å².